The Morgan fingerprint density at radius 1 is 0.905 bits per heavy atom. The number of carbonyl (C=O) groups excluding carboxylic acids is 2. The number of aryl methyl sites for hydroxylation is 1. The minimum absolute atomic E-state index is 0.0641. The summed E-state index contributed by atoms with van der Waals surface area (Å²) in [5, 5.41) is 28.5. The van der Waals surface area contributed by atoms with Crippen molar-refractivity contribution in [2.24, 2.45) is 5.92 Å². The van der Waals surface area contributed by atoms with Crippen LogP contribution >= 0.6 is 22.7 Å². The number of hydrogen-bond acceptors (Lipinski definition) is 10. The smallest absolute Gasteiger partial charge is 0.303 e. The Kier molecular flexibility index (Phi) is 10.2. The highest BCUT2D eigenvalue weighted by Gasteiger charge is 2.23. The Hall–Kier alpha value is -3.58. The highest BCUT2D eigenvalue weighted by atomic mass is 32.1. The van der Waals surface area contributed by atoms with Crippen molar-refractivity contribution < 1.29 is 48.3 Å². The fourth-order valence-electron chi connectivity index (χ4n) is 4.44. The van der Waals surface area contributed by atoms with Gasteiger partial charge in [0, 0.05) is 39.6 Å². The van der Waals surface area contributed by atoms with Crippen LogP contribution in [0.25, 0.3) is 20.2 Å². The first kappa shape index (κ1) is 31.4. The molecule has 0 bridgehead atoms. The van der Waals surface area contributed by atoms with Crippen molar-refractivity contribution in [3.05, 3.63) is 51.5 Å². The van der Waals surface area contributed by atoms with Crippen molar-refractivity contribution >= 4 is 60.4 Å². The zero-order chi connectivity index (χ0) is 30.6. The van der Waals surface area contributed by atoms with Gasteiger partial charge in [0.25, 0.3) is 0 Å². The van der Waals surface area contributed by atoms with Gasteiger partial charge in [0.15, 0.2) is 35.2 Å². The van der Waals surface area contributed by atoms with E-state index in [-0.39, 0.29) is 54.3 Å². The molecule has 12 heteroatoms. The summed E-state index contributed by atoms with van der Waals surface area (Å²) in [4.78, 5) is 36.6. The molecule has 0 radical (unpaired) electrons. The van der Waals surface area contributed by atoms with Crippen molar-refractivity contribution in [2.45, 2.75) is 45.3 Å². The van der Waals surface area contributed by atoms with Gasteiger partial charge in [-0.1, -0.05) is 6.92 Å². The fourth-order valence-corrected chi connectivity index (χ4v) is 6.52. The molecule has 2 aromatic carbocycles. The maximum atomic E-state index is 15.5. The maximum Gasteiger partial charge on any atom is 0.303 e. The quantitative estimate of drug-likeness (QED) is 0.0850. The monoisotopic (exact) mass is 618 g/mol. The van der Waals surface area contributed by atoms with Gasteiger partial charge in [-0.2, -0.15) is 0 Å². The molecule has 0 aliphatic carbocycles. The van der Waals surface area contributed by atoms with Crippen LogP contribution in [0, 0.1) is 11.7 Å². The van der Waals surface area contributed by atoms with Crippen LogP contribution in [0.3, 0.4) is 0 Å². The van der Waals surface area contributed by atoms with Crippen LogP contribution in [-0.4, -0.2) is 60.0 Å². The first-order valence-electron chi connectivity index (χ1n) is 13.2. The number of Topliss-reactive ketones (excluding diaryl/α,β-unsaturated/α-hetero) is 2. The lowest BCUT2D eigenvalue weighted by Crippen LogP contribution is -2.19. The van der Waals surface area contributed by atoms with Crippen LogP contribution in [0.2, 0.25) is 0 Å². The van der Waals surface area contributed by atoms with E-state index < -0.39 is 24.0 Å². The van der Waals surface area contributed by atoms with E-state index >= 15 is 4.39 Å². The molecule has 0 spiro atoms. The summed E-state index contributed by atoms with van der Waals surface area (Å²) < 4.78 is 33.6. The number of halogens is 1. The number of ether oxygens (including phenoxy) is 3. The van der Waals surface area contributed by atoms with Crippen molar-refractivity contribution in [3.8, 4) is 17.2 Å². The number of hydrogen-bond donors (Lipinski definition) is 3. The van der Waals surface area contributed by atoms with Gasteiger partial charge in [-0.3, -0.25) is 14.4 Å². The number of carboxylic acid groups (broad SMARTS) is 1. The second-order valence-corrected chi connectivity index (χ2v) is 12.0. The molecule has 224 valence electrons. The van der Waals surface area contributed by atoms with Crippen molar-refractivity contribution in [2.75, 3.05) is 20.8 Å². The van der Waals surface area contributed by atoms with Gasteiger partial charge in [-0.25, -0.2) is 4.39 Å². The third kappa shape index (κ3) is 7.06. The Morgan fingerprint density at radius 2 is 1.57 bits per heavy atom. The Bertz CT molecular complexity index is 1620. The summed E-state index contributed by atoms with van der Waals surface area (Å²) in [5.74, 6) is -2.10. The molecule has 0 saturated carbocycles. The lowest BCUT2D eigenvalue weighted by molar-refractivity contribution is -0.136. The van der Waals surface area contributed by atoms with E-state index in [0.717, 1.165) is 27.0 Å². The minimum Gasteiger partial charge on any atom is -0.496 e. The number of rotatable bonds is 15. The average Bonchev–Trinajstić information content (AvgIpc) is 3.58. The number of methoxy groups -OCH3 is 2. The van der Waals surface area contributed by atoms with Gasteiger partial charge >= 0.3 is 5.97 Å². The van der Waals surface area contributed by atoms with E-state index in [2.05, 4.69) is 0 Å². The molecule has 42 heavy (non-hydrogen) atoms. The number of benzene rings is 2. The summed E-state index contributed by atoms with van der Waals surface area (Å²) in [7, 11) is 2.95. The van der Waals surface area contributed by atoms with E-state index in [4.69, 9.17) is 19.3 Å². The summed E-state index contributed by atoms with van der Waals surface area (Å²) >= 11 is 2.39. The van der Waals surface area contributed by atoms with Gasteiger partial charge in [-0.05, 0) is 48.1 Å². The number of aliphatic carboxylic acids is 1. The number of aliphatic hydroxyl groups excluding tert-OH is 1. The van der Waals surface area contributed by atoms with E-state index in [0.29, 0.717) is 33.0 Å². The average molecular weight is 619 g/mol. The number of carboxylic acids is 1. The third-order valence-electron chi connectivity index (χ3n) is 6.79. The first-order valence-corrected chi connectivity index (χ1v) is 14.8. The number of carbonyl (C=O) groups is 3. The topological polar surface area (TPSA) is 140 Å². The molecule has 4 aromatic rings. The lowest BCUT2D eigenvalue weighted by atomic mass is 10.0. The van der Waals surface area contributed by atoms with Crippen molar-refractivity contribution in [1.82, 2.24) is 0 Å². The molecule has 4 rings (SSSR count). The van der Waals surface area contributed by atoms with Gasteiger partial charge in [0.2, 0.25) is 0 Å². The predicted molar refractivity (Wildman–Crippen MR) is 158 cm³/mol. The highest BCUT2D eigenvalue weighted by molar-refractivity contribution is 7.21. The molecule has 0 saturated heterocycles. The Morgan fingerprint density at radius 3 is 2.24 bits per heavy atom. The molecule has 1 atom stereocenters. The molecule has 0 fully saturated rings. The molecular formula is C30H31FO9S2. The van der Waals surface area contributed by atoms with E-state index in [1.165, 1.54) is 24.5 Å². The molecule has 2 aromatic heterocycles. The molecule has 0 aliphatic rings. The first-order chi connectivity index (χ1) is 20.0. The SMILES string of the molecule is COc1cc2sc(C(=O)CCC(=O)O)cc2cc1CCCOc1c(OC)cc2sc(C(=O)C[C@H](C)C(O)O)cc2c1F. The van der Waals surface area contributed by atoms with Gasteiger partial charge in [0.05, 0.1) is 37.0 Å². The summed E-state index contributed by atoms with van der Waals surface area (Å²) in [6.07, 6.45) is -0.952. The second kappa shape index (κ2) is 13.6. The lowest BCUT2D eigenvalue weighted by Gasteiger charge is -2.13. The number of aliphatic hydroxyl groups is 2. The second-order valence-electron chi connectivity index (χ2n) is 9.84. The van der Waals surface area contributed by atoms with E-state index in [1.54, 1.807) is 26.2 Å². The van der Waals surface area contributed by atoms with Crippen LogP contribution < -0.4 is 14.2 Å². The molecule has 0 unspecified atom stereocenters. The number of thiophene rings is 2. The standard InChI is InChI=1S/C30H31FO9S2/c1-15(30(36)37)9-20(33)26-12-18-24(42-26)14-22(39-3)29(28(18)31)40-8-4-5-16-10-17-11-25(19(32)6-7-27(34)35)41-23(17)13-21(16)38-2/h10-15,30,36-37H,4-9H2,1-3H3,(H,34,35)/t15-/m0/s1. The largest absolute Gasteiger partial charge is 0.496 e. The van der Waals surface area contributed by atoms with Gasteiger partial charge in [-0.15, -0.1) is 22.7 Å². The maximum absolute atomic E-state index is 15.5. The molecule has 9 nitrogen and oxygen atoms in total. The van der Waals surface area contributed by atoms with Crippen LogP contribution in [0.4, 0.5) is 4.39 Å². The zero-order valence-corrected chi connectivity index (χ0v) is 24.9. The molecule has 0 aliphatic heterocycles. The molecule has 2 heterocycles. The van der Waals surface area contributed by atoms with Crippen LogP contribution in [0.5, 0.6) is 17.2 Å². The van der Waals surface area contributed by atoms with Gasteiger partial charge < -0.3 is 29.5 Å². The van der Waals surface area contributed by atoms with Crippen molar-refractivity contribution in [3.63, 3.8) is 0 Å². The normalized spacial score (nSPS) is 12.2. The summed E-state index contributed by atoms with van der Waals surface area (Å²) in [6.45, 7) is 1.70. The highest BCUT2D eigenvalue weighted by Crippen LogP contribution is 2.41. The Balaban J connectivity index is 1.46. The fraction of sp³-hybridized carbons (Fsp3) is 0.367. The zero-order valence-electron chi connectivity index (χ0n) is 23.3. The third-order valence-corrected chi connectivity index (χ3v) is 9.05. The van der Waals surface area contributed by atoms with Crippen LogP contribution in [0.15, 0.2) is 30.3 Å². The van der Waals surface area contributed by atoms with Crippen LogP contribution in [0.1, 0.15) is 57.5 Å². The summed E-state index contributed by atoms with van der Waals surface area (Å²) in [5.41, 5.74) is 0.877. The van der Waals surface area contributed by atoms with E-state index in [9.17, 15) is 24.6 Å². The van der Waals surface area contributed by atoms with E-state index in [1.807, 2.05) is 12.1 Å². The molecule has 3 N–H and O–H groups in total. The molecule has 0 amide bonds. The predicted octanol–water partition coefficient (Wildman–Crippen LogP) is 5.85. The summed E-state index contributed by atoms with van der Waals surface area (Å²) in [6, 6.07) is 8.58. The van der Waals surface area contributed by atoms with Gasteiger partial charge in [0.1, 0.15) is 5.75 Å². The number of fused-ring (bicyclic) bond motifs is 2. The van der Waals surface area contributed by atoms with Crippen LogP contribution in [-0.2, 0) is 11.2 Å². The number of ketones is 2. The van der Waals surface area contributed by atoms with Crippen molar-refractivity contribution in [1.29, 1.82) is 0 Å². The Labute approximate surface area is 249 Å². The molecular weight excluding hydrogens is 587 g/mol. The minimum atomic E-state index is -1.62.